The molecule has 0 radical (unpaired) electrons. The van der Waals surface area contributed by atoms with E-state index in [1.165, 1.54) is 30.3 Å². The number of fused-ring (bicyclic) bond motifs is 1. The Balaban J connectivity index is 2.11. The third kappa shape index (κ3) is 3.38. The summed E-state index contributed by atoms with van der Waals surface area (Å²) in [5.41, 5.74) is -1.24. The molecule has 3 aromatic rings. The summed E-state index contributed by atoms with van der Waals surface area (Å²) in [4.78, 5) is 24.6. The smallest absolute Gasteiger partial charge is 0.349 e. The molecule has 26 heavy (non-hydrogen) atoms. The Bertz CT molecular complexity index is 1060. The predicted molar refractivity (Wildman–Crippen MR) is 98.0 cm³/mol. The summed E-state index contributed by atoms with van der Waals surface area (Å²) in [6.07, 6.45) is 0. The molecule has 0 atom stereocenters. The molecule has 3 rings (SSSR count). The number of ether oxygens (including phenoxy) is 1. The number of nitrogens with one attached hydrogen (secondary N) is 1. The van der Waals surface area contributed by atoms with Gasteiger partial charge in [-0.2, -0.15) is 0 Å². The largest absolute Gasteiger partial charge is 0.490 e. The Labute approximate surface area is 157 Å². The van der Waals surface area contributed by atoms with E-state index in [9.17, 15) is 14.0 Å². The zero-order valence-electron chi connectivity index (χ0n) is 13.4. The van der Waals surface area contributed by atoms with Crippen molar-refractivity contribution in [1.82, 2.24) is 0 Å². The molecule has 1 heterocycles. The molecule has 0 spiro atoms. The molecule has 134 valence electrons. The van der Waals surface area contributed by atoms with Gasteiger partial charge < -0.3 is 14.5 Å². The van der Waals surface area contributed by atoms with Crippen LogP contribution in [-0.2, 0) is 0 Å². The monoisotopic (exact) mass is 395 g/mol. The second-order valence-corrected chi connectivity index (χ2v) is 6.01. The third-order valence-corrected chi connectivity index (χ3v) is 4.34. The van der Waals surface area contributed by atoms with Crippen LogP contribution in [0.15, 0.2) is 45.6 Å². The van der Waals surface area contributed by atoms with Gasteiger partial charge in [0.05, 0.1) is 22.3 Å². The van der Waals surface area contributed by atoms with Gasteiger partial charge in [-0.15, -0.1) is 0 Å². The van der Waals surface area contributed by atoms with E-state index in [0.29, 0.717) is 6.61 Å². The molecule has 1 aromatic heterocycles. The molecule has 0 saturated heterocycles. The van der Waals surface area contributed by atoms with E-state index in [4.69, 9.17) is 32.4 Å². The van der Waals surface area contributed by atoms with Gasteiger partial charge in [0.25, 0.3) is 5.91 Å². The van der Waals surface area contributed by atoms with Crippen molar-refractivity contribution in [3.8, 4) is 5.75 Å². The van der Waals surface area contributed by atoms with Gasteiger partial charge in [-0.1, -0.05) is 35.3 Å². The first-order valence-corrected chi connectivity index (χ1v) is 8.32. The molecule has 8 heteroatoms. The number of benzene rings is 2. The Morgan fingerprint density at radius 2 is 2.00 bits per heavy atom. The maximum absolute atomic E-state index is 13.7. The summed E-state index contributed by atoms with van der Waals surface area (Å²) in [5.74, 6) is -1.24. The number of hydrogen-bond donors (Lipinski definition) is 1. The number of carbonyl (C=O) groups is 1. The van der Waals surface area contributed by atoms with Gasteiger partial charge >= 0.3 is 5.63 Å². The van der Waals surface area contributed by atoms with Gasteiger partial charge in [-0.05, 0) is 25.1 Å². The number of halogens is 3. The Hall–Kier alpha value is -2.57. The number of para-hydroxylation sites is 1. The number of hydrogen-bond acceptors (Lipinski definition) is 4. The van der Waals surface area contributed by atoms with Gasteiger partial charge in [-0.25, -0.2) is 9.18 Å². The van der Waals surface area contributed by atoms with E-state index in [1.54, 1.807) is 13.0 Å². The minimum absolute atomic E-state index is 0.0656. The van der Waals surface area contributed by atoms with E-state index in [-0.39, 0.29) is 38.0 Å². The standard InChI is InChI=1S/C18H12Cl2FNO4/c1-2-25-14-8-11(19)15(20)9-7-10(18(24)26-16(9)14)17(23)22-13-6-4-3-5-12(13)21/h3-8H,2H2,1H3,(H,22,23). The fourth-order valence-electron chi connectivity index (χ4n) is 2.36. The van der Waals surface area contributed by atoms with Crippen molar-refractivity contribution in [2.24, 2.45) is 0 Å². The lowest BCUT2D eigenvalue weighted by atomic mass is 10.1. The molecular formula is C18H12Cl2FNO4. The Morgan fingerprint density at radius 3 is 2.69 bits per heavy atom. The highest BCUT2D eigenvalue weighted by atomic mass is 35.5. The minimum Gasteiger partial charge on any atom is -0.490 e. The van der Waals surface area contributed by atoms with Gasteiger partial charge in [0.2, 0.25) is 0 Å². The van der Waals surface area contributed by atoms with Gasteiger partial charge in [0, 0.05) is 11.5 Å². The van der Waals surface area contributed by atoms with Crippen molar-refractivity contribution in [3.05, 3.63) is 68.2 Å². The lowest BCUT2D eigenvalue weighted by molar-refractivity contribution is 0.102. The van der Waals surface area contributed by atoms with Crippen LogP contribution in [0.2, 0.25) is 10.0 Å². The maximum Gasteiger partial charge on any atom is 0.349 e. The quantitative estimate of drug-likeness (QED) is 0.638. The fraction of sp³-hybridized carbons (Fsp3) is 0.111. The minimum atomic E-state index is -0.911. The summed E-state index contributed by atoms with van der Waals surface area (Å²) in [6.45, 7) is 2.06. The van der Waals surface area contributed by atoms with Gasteiger partial charge in [-0.3, -0.25) is 4.79 Å². The number of anilines is 1. The van der Waals surface area contributed by atoms with Crippen LogP contribution in [0, 0.1) is 5.82 Å². The zero-order valence-corrected chi connectivity index (χ0v) is 14.9. The lowest BCUT2D eigenvalue weighted by Crippen LogP contribution is -2.21. The average Bonchev–Trinajstić information content (AvgIpc) is 2.61. The molecule has 0 aliphatic heterocycles. The van der Waals surface area contributed by atoms with Crippen LogP contribution >= 0.6 is 23.2 Å². The average molecular weight is 396 g/mol. The number of amides is 1. The van der Waals surface area contributed by atoms with Crippen LogP contribution < -0.4 is 15.7 Å². The summed E-state index contributed by atoms with van der Waals surface area (Å²) in [5, 5.41) is 2.84. The van der Waals surface area contributed by atoms with Crippen LogP contribution in [0.25, 0.3) is 11.0 Å². The number of carbonyl (C=O) groups excluding carboxylic acids is 1. The van der Waals surface area contributed by atoms with Crippen LogP contribution in [0.5, 0.6) is 5.75 Å². The van der Waals surface area contributed by atoms with Crippen molar-refractivity contribution in [1.29, 1.82) is 0 Å². The molecule has 0 fully saturated rings. The Morgan fingerprint density at radius 1 is 1.27 bits per heavy atom. The Kier molecular flexibility index (Phi) is 5.15. The molecule has 0 bridgehead atoms. The molecule has 0 unspecified atom stereocenters. The first kappa shape index (κ1) is 18.2. The van der Waals surface area contributed by atoms with Crippen LogP contribution in [0.4, 0.5) is 10.1 Å². The normalized spacial score (nSPS) is 10.8. The van der Waals surface area contributed by atoms with E-state index >= 15 is 0 Å². The molecule has 2 aromatic carbocycles. The van der Waals surface area contributed by atoms with Crippen molar-refractivity contribution in [2.45, 2.75) is 6.92 Å². The van der Waals surface area contributed by atoms with Crippen molar-refractivity contribution in [2.75, 3.05) is 11.9 Å². The van der Waals surface area contributed by atoms with E-state index in [1.807, 2.05) is 0 Å². The predicted octanol–water partition coefficient (Wildman–Crippen LogP) is 4.89. The second kappa shape index (κ2) is 7.35. The first-order valence-electron chi connectivity index (χ1n) is 7.57. The summed E-state index contributed by atoms with van der Waals surface area (Å²) >= 11 is 12.2. The molecule has 1 N–H and O–H groups in total. The van der Waals surface area contributed by atoms with Crippen LogP contribution in [-0.4, -0.2) is 12.5 Å². The van der Waals surface area contributed by atoms with Crippen molar-refractivity contribution >= 4 is 45.8 Å². The summed E-state index contributed by atoms with van der Waals surface area (Å²) in [6, 6.07) is 8.25. The van der Waals surface area contributed by atoms with Crippen molar-refractivity contribution < 1.29 is 18.3 Å². The van der Waals surface area contributed by atoms with Crippen LogP contribution in [0.3, 0.4) is 0 Å². The van der Waals surface area contributed by atoms with Gasteiger partial charge in [0.1, 0.15) is 11.4 Å². The zero-order chi connectivity index (χ0) is 18.8. The molecule has 0 aliphatic rings. The highest BCUT2D eigenvalue weighted by Gasteiger charge is 2.20. The van der Waals surface area contributed by atoms with Crippen molar-refractivity contribution in [3.63, 3.8) is 0 Å². The molecule has 0 saturated carbocycles. The molecule has 1 amide bonds. The summed E-state index contributed by atoms with van der Waals surface area (Å²) < 4.78 is 24.3. The van der Waals surface area contributed by atoms with E-state index < -0.39 is 17.3 Å². The van der Waals surface area contributed by atoms with Crippen LogP contribution in [0.1, 0.15) is 17.3 Å². The van der Waals surface area contributed by atoms with Gasteiger partial charge in [0.15, 0.2) is 11.3 Å². The highest BCUT2D eigenvalue weighted by Crippen LogP contribution is 2.37. The second-order valence-electron chi connectivity index (χ2n) is 5.23. The molecule has 5 nitrogen and oxygen atoms in total. The third-order valence-electron chi connectivity index (χ3n) is 3.54. The summed E-state index contributed by atoms with van der Waals surface area (Å²) in [7, 11) is 0. The SMILES string of the molecule is CCOc1cc(Cl)c(Cl)c2cc(C(=O)Nc3ccccc3F)c(=O)oc12. The number of rotatable bonds is 4. The first-order chi connectivity index (χ1) is 12.4. The highest BCUT2D eigenvalue weighted by molar-refractivity contribution is 6.45. The van der Waals surface area contributed by atoms with E-state index in [2.05, 4.69) is 5.32 Å². The lowest BCUT2D eigenvalue weighted by Gasteiger charge is -2.10. The van der Waals surface area contributed by atoms with E-state index in [0.717, 1.165) is 0 Å². The fourth-order valence-corrected chi connectivity index (χ4v) is 2.76. The molecule has 0 aliphatic carbocycles. The topological polar surface area (TPSA) is 68.5 Å². The molecular weight excluding hydrogens is 384 g/mol. The maximum atomic E-state index is 13.7.